The number of rotatable bonds is 3. The van der Waals surface area contributed by atoms with E-state index in [1.165, 1.54) is 12.3 Å². The van der Waals surface area contributed by atoms with E-state index < -0.39 is 5.82 Å². The largest absolute Gasteiger partial charge is 0.367 e. The summed E-state index contributed by atoms with van der Waals surface area (Å²) in [5.74, 6) is -0.855. The standard InChI is InChI=1S/C24H23FN6O/c1-14-12-31(13-15(2)29-14)20-6-5-18(22-23(20)28-9-8-27-22)24(32)30-17-10-16-4-3-7-26-21(16)19(25)11-17/h3-11,14-15,29H,12-13H2,1-2H3,(H,30,32)/t14-,15-/m0/s1. The van der Waals surface area contributed by atoms with E-state index in [1.54, 1.807) is 36.7 Å². The normalized spacial score (nSPS) is 18.8. The van der Waals surface area contributed by atoms with Crippen LogP contribution >= 0.6 is 0 Å². The number of nitrogens with zero attached hydrogens (tertiary/aromatic N) is 4. The number of fused-ring (bicyclic) bond motifs is 2. The van der Waals surface area contributed by atoms with Gasteiger partial charge in [0.05, 0.1) is 11.3 Å². The summed E-state index contributed by atoms with van der Waals surface area (Å²) < 4.78 is 14.4. The van der Waals surface area contributed by atoms with Gasteiger partial charge in [0.1, 0.15) is 16.6 Å². The Kier molecular flexibility index (Phi) is 5.14. The summed E-state index contributed by atoms with van der Waals surface area (Å²) in [6, 6.07) is 10.8. The molecule has 1 aliphatic heterocycles. The van der Waals surface area contributed by atoms with Gasteiger partial charge in [-0.2, -0.15) is 0 Å². The van der Waals surface area contributed by atoms with Crippen LogP contribution in [0.25, 0.3) is 21.9 Å². The summed E-state index contributed by atoms with van der Waals surface area (Å²) in [4.78, 5) is 28.4. The fourth-order valence-electron chi connectivity index (χ4n) is 4.42. The average molecular weight is 430 g/mol. The lowest BCUT2D eigenvalue weighted by molar-refractivity contribution is 0.102. The molecule has 1 aliphatic rings. The number of halogens is 1. The van der Waals surface area contributed by atoms with Crippen molar-refractivity contribution in [3.8, 4) is 0 Å². The number of amides is 1. The first-order valence-corrected chi connectivity index (χ1v) is 10.6. The number of carbonyl (C=O) groups excluding carboxylic acids is 1. The number of aromatic nitrogens is 3. The molecule has 2 aromatic heterocycles. The molecule has 1 fully saturated rings. The van der Waals surface area contributed by atoms with Crippen LogP contribution in [0.4, 0.5) is 15.8 Å². The summed E-state index contributed by atoms with van der Waals surface area (Å²) in [5.41, 5.74) is 3.16. The number of anilines is 2. The highest BCUT2D eigenvalue weighted by atomic mass is 19.1. The minimum Gasteiger partial charge on any atom is -0.367 e. The second-order valence-corrected chi connectivity index (χ2v) is 8.25. The zero-order valence-electron chi connectivity index (χ0n) is 17.8. The number of hydrogen-bond donors (Lipinski definition) is 2. The predicted octanol–water partition coefficient (Wildman–Crippen LogP) is 3.76. The van der Waals surface area contributed by atoms with Crippen LogP contribution in [0.1, 0.15) is 24.2 Å². The van der Waals surface area contributed by atoms with Crippen molar-refractivity contribution in [2.75, 3.05) is 23.3 Å². The van der Waals surface area contributed by atoms with Crippen LogP contribution in [-0.4, -0.2) is 46.0 Å². The Morgan fingerprint density at radius 3 is 2.50 bits per heavy atom. The van der Waals surface area contributed by atoms with Gasteiger partial charge in [0, 0.05) is 54.8 Å². The van der Waals surface area contributed by atoms with Crippen LogP contribution in [0, 0.1) is 5.82 Å². The molecule has 2 atom stereocenters. The van der Waals surface area contributed by atoms with Gasteiger partial charge in [-0.15, -0.1) is 0 Å². The first-order valence-electron chi connectivity index (χ1n) is 10.6. The lowest BCUT2D eigenvalue weighted by atomic mass is 10.1. The predicted molar refractivity (Wildman–Crippen MR) is 123 cm³/mol. The minimum atomic E-state index is -0.486. The smallest absolute Gasteiger partial charge is 0.257 e. The van der Waals surface area contributed by atoms with E-state index >= 15 is 0 Å². The van der Waals surface area contributed by atoms with Crippen LogP contribution in [0.5, 0.6) is 0 Å². The molecule has 162 valence electrons. The highest BCUT2D eigenvalue weighted by molar-refractivity contribution is 6.13. The summed E-state index contributed by atoms with van der Waals surface area (Å²) >= 11 is 0. The van der Waals surface area contributed by atoms with Crippen molar-refractivity contribution >= 4 is 39.2 Å². The second kappa shape index (κ2) is 8.12. The average Bonchev–Trinajstić information content (AvgIpc) is 2.77. The molecular formula is C24H23FN6O. The maximum atomic E-state index is 14.4. The molecule has 4 aromatic rings. The number of nitrogens with one attached hydrogen (secondary N) is 2. The number of hydrogen-bond acceptors (Lipinski definition) is 6. The first-order chi connectivity index (χ1) is 15.5. The molecule has 2 aromatic carbocycles. The van der Waals surface area contributed by atoms with E-state index in [2.05, 4.69) is 44.3 Å². The molecule has 8 heteroatoms. The van der Waals surface area contributed by atoms with Gasteiger partial charge in [-0.25, -0.2) is 4.39 Å². The van der Waals surface area contributed by atoms with E-state index in [4.69, 9.17) is 0 Å². The topological polar surface area (TPSA) is 83.0 Å². The fraction of sp³-hybridized carbons (Fsp3) is 0.250. The molecule has 1 amide bonds. The molecule has 0 unspecified atom stereocenters. The Hall–Kier alpha value is -3.65. The van der Waals surface area contributed by atoms with E-state index in [1.807, 2.05) is 6.07 Å². The van der Waals surface area contributed by atoms with Crippen LogP contribution in [0.3, 0.4) is 0 Å². The zero-order valence-corrected chi connectivity index (χ0v) is 17.8. The number of piperazine rings is 1. The third kappa shape index (κ3) is 3.73. The minimum absolute atomic E-state index is 0.269. The quantitative estimate of drug-likeness (QED) is 0.515. The molecule has 0 radical (unpaired) electrons. The molecule has 0 saturated carbocycles. The van der Waals surface area contributed by atoms with E-state index in [9.17, 15) is 9.18 Å². The number of pyridine rings is 1. The molecule has 0 spiro atoms. The van der Waals surface area contributed by atoms with E-state index in [0.717, 1.165) is 18.8 Å². The molecule has 32 heavy (non-hydrogen) atoms. The van der Waals surface area contributed by atoms with Gasteiger partial charge in [-0.1, -0.05) is 6.07 Å². The van der Waals surface area contributed by atoms with Crippen molar-refractivity contribution in [1.29, 1.82) is 0 Å². The zero-order chi connectivity index (χ0) is 22.2. The van der Waals surface area contributed by atoms with E-state index in [0.29, 0.717) is 39.8 Å². The highest BCUT2D eigenvalue weighted by Crippen LogP contribution is 2.29. The maximum absolute atomic E-state index is 14.4. The van der Waals surface area contributed by atoms with Crippen molar-refractivity contribution in [2.45, 2.75) is 25.9 Å². The van der Waals surface area contributed by atoms with Crippen LogP contribution < -0.4 is 15.5 Å². The van der Waals surface area contributed by atoms with Gasteiger partial charge < -0.3 is 15.5 Å². The van der Waals surface area contributed by atoms with E-state index in [-0.39, 0.29) is 11.4 Å². The first kappa shape index (κ1) is 20.3. The monoisotopic (exact) mass is 430 g/mol. The van der Waals surface area contributed by atoms with Gasteiger partial charge in [0.15, 0.2) is 5.82 Å². The maximum Gasteiger partial charge on any atom is 0.257 e. The van der Waals surface area contributed by atoms with Gasteiger partial charge in [0.25, 0.3) is 5.91 Å². The lowest BCUT2D eigenvalue weighted by Crippen LogP contribution is -2.54. The third-order valence-corrected chi connectivity index (χ3v) is 5.66. The van der Waals surface area contributed by atoms with Gasteiger partial charge in [-0.3, -0.25) is 19.7 Å². The summed E-state index contributed by atoms with van der Waals surface area (Å²) in [6.07, 6.45) is 4.75. The highest BCUT2D eigenvalue weighted by Gasteiger charge is 2.24. The number of benzene rings is 2. The van der Waals surface area contributed by atoms with Crippen molar-refractivity contribution in [3.05, 3.63) is 66.4 Å². The molecule has 1 saturated heterocycles. The van der Waals surface area contributed by atoms with Crippen LogP contribution in [0.2, 0.25) is 0 Å². The Balaban J connectivity index is 1.50. The van der Waals surface area contributed by atoms with Crippen molar-refractivity contribution in [1.82, 2.24) is 20.3 Å². The number of carbonyl (C=O) groups is 1. The summed E-state index contributed by atoms with van der Waals surface area (Å²) in [5, 5.41) is 6.94. The molecule has 2 N–H and O–H groups in total. The Morgan fingerprint density at radius 2 is 1.72 bits per heavy atom. The van der Waals surface area contributed by atoms with Gasteiger partial charge in [-0.05, 0) is 44.2 Å². The van der Waals surface area contributed by atoms with Crippen molar-refractivity contribution in [2.24, 2.45) is 0 Å². The molecule has 0 aliphatic carbocycles. The fourth-order valence-corrected chi connectivity index (χ4v) is 4.42. The molecule has 5 rings (SSSR count). The van der Waals surface area contributed by atoms with Gasteiger partial charge >= 0.3 is 0 Å². The van der Waals surface area contributed by atoms with Crippen molar-refractivity contribution < 1.29 is 9.18 Å². The molecular weight excluding hydrogens is 407 g/mol. The SMILES string of the molecule is C[C@H]1CN(c2ccc(C(=O)Nc3cc(F)c4ncccc4c3)c3nccnc23)C[C@H](C)N1. The third-order valence-electron chi connectivity index (χ3n) is 5.66. The van der Waals surface area contributed by atoms with Crippen molar-refractivity contribution in [3.63, 3.8) is 0 Å². The Bertz CT molecular complexity index is 1320. The second-order valence-electron chi connectivity index (χ2n) is 8.25. The van der Waals surface area contributed by atoms with Crippen LogP contribution in [0.15, 0.2) is 55.0 Å². The molecule has 3 heterocycles. The van der Waals surface area contributed by atoms with Crippen LogP contribution in [-0.2, 0) is 0 Å². The summed E-state index contributed by atoms with van der Waals surface area (Å²) in [6.45, 7) is 5.98. The molecule has 0 bridgehead atoms. The lowest BCUT2D eigenvalue weighted by Gasteiger charge is -2.38. The molecule has 7 nitrogen and oxygen atoms in total. The Morgan fingerprint density at radius 1 is 1.00 bits per heavy atom. The Labute approximate surface area is 184 Å². The summed E-state index contributed by atoms with van der Waals surface area (Å²) in [7, 11) is 0. The van der Waals surface area contributed by atoms with Gasteiger partial charge in [0.2, 0.25) is 0 Å².